The van der Waals surface area contributed by atoms with Crippen LogP contribution < -0.4 is 4.74 Å². The number of hydrogen-bond donors (Lipinski definition) is 1. The third-order valence-corrected chi connectivity index (χ3v) is 3.74. The number of rotatable bonds is 7. The monoisotopic (exact) mass is 323 g/mol. The van der Waals surface area contributed by atoms with Crippen LogP contribution in [0.1, 0.15) is 22.8 Å². The number of pyridine rings is 1. The molecule has 6 nitrogen and oxygen atoms in total. The molecule has 0 saturated heterocycles. The van der Waals surface area contributed by atoms with E-state index < -0.39 is 0 Å². The average molecular weight is 323 g/mol. The van der Waals surface area contributed by atoms with Gasteiger partial charge in [-0.05, 0) is 30.8 Å². The number of aromatic nitrogens is 4. The van der Waals surface area contributed by atoms with Gasteiger partial charge in [0, 0.05) is 30.9 Å². The molecule has 0 bridgehead atoms. The molecule has 0 aliphatic heterocycles. The van der Waals surface area contributed by atoms with E-state index in [0.717, 1.165) is 29.5 Å². The van der Waals surface area contributed by atoms with E-state index in [1.54, 1.807) is 19.5 Å². The van der Waals surface area contributed by atoms with Crippen LogP contribution in [0.25, 0.3) is 0 Å². The summed E-state index contributed by atoms with van der Waals surface area (Å²) in [6.45, 7) is 1.52. The van der Waals surface area contributed by atoms with E-state index in [1.807, 2.05) is 36.4 Å². The summed E-state index contributed by atoms with van der Waals surface area (Å²) in [6.07, 6.45) is 4.29. The molecule has 0 atom stereocenters. The lowest BCUT2D eigenvalue weighted by Crippen LogP contribution is -2.18. The zero-order valence-corrected chi connectivity index (χ0v) is 13.9. The average Bonchev–Trinajstić information content (AvgIpc) is 3.03. The van der Waals surface area contributed by atoms with Crippen molar-refractivity contribution in [1.82, 2.24) is 25.1 Å². The van der Waals surface area contributed by atoms with Gasteiger partial charge in [0.1, 0.15) is 11.6 Å². The molecule has 1 N–H and O–H groups in total. The van der Waals surface area contributed by atoms with Crippen LogP contribution in [0.4, 0.5) is 0 Å². The van der Waals surface area contributed by atoms with Gasteiger partial charge in [-0.3, -0.25) is 15.0 Å². The quantitative estimate of drug-likeness (QED) is 0.723. The number of nitrogens with zero attached hydrogens (tertiary/aromatic N) is 4. The Morgan fingerprint density at radius 2 is 1.88 bits per heavy atom. The molecule has 1 aromatic carbocycles. The highest BCUT2D eigenvalue weighted by Crippen LogP contribution is 2.19. The Labute approximate surface area is 141 Å². The molecule has 0 aliphatic rings. The van der Waals surface area contributed by atoms with E-state index in [1.165, 1.54) is 5.56 Å². The SMILES string of the molecule is COc1ccccc1Cc1nc(CN(C)Cc2ccncc2)n[nH]1. The molecule has 0 fully saturated rings. The molecule has 0 saturated carbocycles. The third kappa shape index (κ3) is 4.17. The Hall–Kier alpha value is -2.73. The first-order chi connectivity index (χ1) is 11.7. The fourth-order valence-electron chi connectivity index (χ4n) is 2.61. The van der Waals surface area contributed by atoms with Crippen molar-refractivity contribution in [1.29, 1.82) is 0 Å². The molecule has 3 aromatic rings. The minimum absolute atomic E-state index is 0.672. The van der Waals surface area contributed by atoms with Crippen LogP contribution >= 0.6 is 0 Å². The lowest BCUT2D eigenvalue weighted by molar-refractivity contribution is 0.311. The molecular weight excluding hydrogens is 302 g/mol. The zero-order chi connectivity index (χ0) is 16.8. The van der Waals surface area contributed by atoms with Crippen molar-refractivity contribution in [3.8, 4) is 5.75 Å². The van der Waals surface area contributed by atoms with Gasteiger partial charge >= 0.3 is 0 Å². The van der Waals surface area contributed by atoms with Crippen molar-refractivity contribution < 1.29 is 4.74 Å². The number of aromatic amines is 1. The van der Waals surface area contributed by atoms with Crippen molar-refractivity contribution in [2.45, 2.75) is 19.5 Å². The third-order valence-electron chi connectivity index (χ3n) is 3.74. The normalized spacial score (nSPS) is 11.0. The van der Waals surface area contributed by atoms with Crippen LogP contribution in [0.2, 0.25) is 0 Å². The Bertz CT molecular complexity index is 772. The highest BCUT2D eigenvalue weighted by Gasteiger charge is 2.10. The van der Waals surface area contributed by atoms with Gasteiger partial charge in [-0.15, -0.1) is 0 Å². The van der Waals surface area contributed by atoms with E-state index in [0.29, 0.717) is 13.0 Å². The fourth-order valence-corrected chi connectivity index (χ4v) is 2.61. The Morgan fingerprint density at radius 1 is 1.08 bits per heavy atom. The number of para-hydroxylation sites is 1. The number of benzene rings is 1. The second kappa shape index (κ2) is 7.70. The van der Waals surface area contributed by atoms with Crippen molar-refractivity contribution in [3.63, 3.8) is 0 Å². The number of hydrogen-bond acceptors (Lipinski definition) is 5. The van der Waals surface area contributed by atoms with Gasteiger partial charge in [-0.2, -0.15) is 5.10 Å². The van der Waals surface area contributed by atoms with Gasteiger partial charge in [-0.1, -0.05) is 18.2 Å². The predicted molar refractivity (Wildman–Crippen MR) is 91.6 cm³/mol. The number of methoxy groups -OCH3 is 1. The summed E-state index contributed by atoms with van der Waals surface area (Å²) in [5.74, 6) is 2.49. The molecule has 2 aromatic heterocycles. The number of nitrogens with one attached hydrogen (secondary N) is 1. The largest absolute Gasteiger partial charge is 0.496 e. The lowest BCUT2D eigenvalue weighted by atomic mass is 10.1. The van der Waals surface area contributed by atoms with E-state index in [9.17, 15) is 0 Å². The molecule has 0 aliphatic carbocycles. The van der Waals surface area contributed by atoms with Gasteiger partial charge in [0.2, 0.25) is 0 Å². The summed E-state index contributed by atoms with van der Waals surface area (Å²) in [4.78, 5) is 10.8. The Morgan fingerprint density at radius 3 is 2.67 bits per heavy atom. The molecule has 0 spiro atoms. The Kier molecular flexibility index (Phi) is 5.18. The fraction of sp³-hybridized carbons (Fsp3) is 0.278. The first-order valence-electron chi connectivity index (χ1n) is 7.84. The molecule has 24 heavy (non-hydrogen) atoms. The minimum Gasteiger partial charge on any atom is -0.496 e. The van der Waals surface area contributed by atoms with E-state index in [4.69, 9.17) is 4.74 Å². The second-order valence-corrected chi connectivity index (χ2v) is 5.71. The number of H-pyrrole nitrogens is 1. The molecule has 6 heteroatoms. The van der Waals surface area contributed by atoms with Gasteiger partial charge in [0.05, 0.1) is 13.7 Å². The molecule has 3 rings (SSSR count). The van der Waals surface area contributed by atoms with Crippen molar-refractivity contribution >= 4 is 0 Å². The van der Waals surface area contributed by atoms with Gasteiger partial charge in [0.25, 0.3) is 0 Å². The summed E-state index contributed by atoms with van der Waals surface area (Å²) >= 11 is 0. The van der Waals surface area contributed by atoms with E-state index >= 15 is 0 Å². The predicted octanol–water partition coefficient (Wildman–Crippen LogP) is 2.43. The van der Waals surface area contributed by atoms with Crippen LogP contribution in [-0.4, -0.2) is 39.2 Å². The minimum atomic E-state index is 0.672. The molecule has 0 radical (unpaired) electrons. The topological polar surface area (TPSA) is 66.9 Å². The van der Waals surface area contributed by atoms with E-state index in [-0.39, 0.29) is 0 Å². The first kappa shape index (κ1) is 16.1. The summed E-state index contributed by atoms with van der Waals surface area (Å²) in [6, 6.07) is 12.0. The summed E-state index contributed by atoms with van der Waals surface area (Å²) in [5.41, 5.74) is 2.31. The first-order valence-corrected chi connectivity index (χ1v) is 7.84. The highest BCUT2D eigenvalue weighted by atomic mass is 16.5. The molecular formula is C18H21N5O. The van der Waals surface area contributed by atoms with Crippen LogP contribution in [0, 0.1) is 0 Å². The summed E-state index contributed by atoms with van der Waals surface area (Å²) in [7, 11) is 3.73. The molecule has 0 unspecified atom stereocenters. The van der Waals surface area contributed by atoms with Crippen molar-refractivity contribution in [3.05, 3.63) is 71.6 Å². The van der Waals surface area contributed by atoms with Crippen LogP contribution in [0.5, 0.6) is 5.75 Å². The lowest BCUT2D eigenvalue weighted by Gasteiger charge is -2.14. The maximum atomic E-state index is 5.38. The molecule has 2 heterocycles. The smallest absolute Gasteiger partial charge is 0.164 e. The summed E-state index contributed by atoms with van der Waals surface area (Å²) in [5, 5.41) is 7.34. The van der Waals surface area contributed by atoms with Crippen molar-refractivity contribution in [2.75, 3.05) is 14.2 Å². The maximum absolute atomic E-state index is 5.38. The molecule has 0 amide bonds. The van der Waals surface area contributed by atoms with Gasteiger partial charge in [0.15, 0.2) is 5.82 Å². The highest BCUT2D eigenvalue weighted by molar-refractivity contribution is 5.35. The zero-order valence-electron chi connectivity index (χ0n) is 13.9. The maximum Gasteiger partial charge on any atom is 0.164 e. The standard InChI is InChI=1S/C18H21N5O/c1-23(12-14-7-9-19-10-8-14)13-18-20-17(21-22-18)11-15-5-3-4-6-16(15)24-2/h3-10H,11-13H2,1-2H3,(H,20,21,22). The van der Waals surface area contributed by atoms with Crippen LogP contribution in [0.3, 0.4) is 0 Å². The van der Waals surface area contributed by atoms with Crippen molar-refractivity contribution in [2.24, 2.45) is 0 Å². The van der Waals surface area contributed by atoms with Gasteiger partial charge in [-0.25, -0.2) is 4.98 Å². The molecule has 124 valence electrons. The second-order valence-electron chi connectivity index (χ2n) is 5.71. The number of ether oxygens (including phenoxy) is 1. The van der Waals surface area contributed by atoms with E-state index in [2.05, 4.69) is 32.1 Å². The van der Waals surface area contributed by atoms with Crippen LogP contribution in [-0.2, 0) is 19.5 Å². The van der Waals surface area contributed by atoms with Gasteiger partial charge < -0.3 is 4.74 Å². The summed E-state index contributed by atoms with van der Waals surface area (Å²) < 4.78 is 5.38. The Balaban J connectivity index is 1.61. The van der Waals surface area contributed by atoms with Crippen LogP contribution in [0.15, 0.2) is 48.8 Å².